The fourth-order valence-electron chi connectivity index (χ4n) is 1.32. The number of unbranched alkanes of at least 4 members (excludes halogenated alkanes) is 3. The number of hydrogen-bond acceptors (Lipinski definition) is 3. The average molecular weight is 215 g/mol. The fourth-order valence-corrected chi connectivity index (χ4v) is 1.32. The lowest BCUT2D eigenvalue weighted by molar-refractivity contribution is -0.153. The Hall–Kier alpha value is -1.06. The molecule has 0 aliphatic rings. The van der Waals surface area contributed by atoms with Crippen LogP contribution in [0, 0.1) is 0 Å². The van der Waals surface area contributed by atoms with Gasteiger partial charge in [0.1, 0.15) is 0 Å². The third-order valence-electron chi connectivity index (χ3n) is 2.24. The third kappa shape index (κ3) is 6.94. The quantitative estimate of drug-likeness (QED) is 0.416. The minimum Gasteiger partial charge on any atom is -0.462 e. The van der Waals surface area contributed by atoms with Crippen molar-refractivity contribution in [2.45, 2.75) is 52.0 Å². The lowest BCUT2D eigenvalue weighted by Gasteiger charge is -2.12. The minimum absolute atomic E-state index is 0.0356. The maximum atomic E-state index is 11.1. The molecule has 88 valence electrons. The zero-order chi connectivity index (χ0) is 11.7. The lowest BCUT2D eigenvalue weighted by Crippen LogP contribution is -2.38. The van der Waals surface area contributed by atoms with Crippen molar-refractivity contribution >= 4 is 11.9 Å². The molecule has 0 aliphatic carbocycles. The van der Waals surface area contributed by atoms with Gasteiger partial charge in [0.05, 0.1) is 7.11 Å². The molecule has 1 N–H and O–H groups in total. The van der Waals surface area contributed by atoms with Crippen molar-refractivity contribution in [2.75, 3.05) is 7.11 Å². The van der Waals surface area contributed by atoms with E-state index in [1.54, 1.807) is 0 Å². The summed E-state index contributed by atoms with van der Waals surface area (Å²) in [5, 5.41) is 2.59. The number of carbonyl (C=O) groups is 2. The van der Waals surface area contributed by atoms with Crippen molar-refractivity contribution in [3.8, 4) is 0 Å². The summed E-state index contributed by atoms with van der Waals surface area (Å²) in [6, 6.07) is 0.0356. The predicted molar refractivity (Wildman–Crippen MR) is 58.4 cm³/mol. The largest absolute Gasteiger partial charge is 0.462 e. The third-order valence-corrected chi connectivity index (χ3v) is 2.24. The summed E-state index contributed by atoms with van der Waals surface area (Å²) in [6.07, 6.45) is 5.58. The molecule has 4 heteroatoms. The first kappa shape index (κ1) is 13.9. The van der Waals surface area contributed by atoms with E-state index in [2.05, 4.69) is 17.0 Å². The Morgan fingerprint density at radius 3 is 2.47 bits per heavy atom. The van der Waals surface area contributed by atoms with Crippen LogP contribution >= 0.6 is 0 Å². The van der Waals surface area contributed by atoms with Gasteiger partial charge in [-0.15, -0.1) is 0 Å². The monoisotopic (exact) mass is 215 g/mol. The molecule has 0 bridgehead atoms. The van der Waals surface area contributed by atoms with Gasteiger partial charge in [-0.25, -0.2) is 4.79 Å². The van der Waals surface area contributed by atoms with E-state index < -0.39 is 11.9 Å². The molecule has 15 heavy (non-hydrogen) atoms. The summed E-state index contributed by atoms with van der Waals surface area (Å²) in [5.41, 5.74) is 0. The Balaban J connectivity index is 3.60. The SMILES string of the molecule is CCCCCCC(C)NC(=O)C(=O)OC. The molecule has 0 aromatic heterocycles. The van der Waals surface area contributed by atoms with E-state index in [4.69, 9.17) is 0 Å². The highest BCUT2D eigenvalue weighted by atomic mass is 16.5. The second-order valence-corrected chi connectivity index (χ2v) is 3.72. The predicted octanol–water partition coefficient (Wildman–Crippen LogP) is 1.63. The zero-order valence-corrected chi connectivity index (χ0v) is 9.84. The number of nitrogens with one attached hydrogen (secondary N) is 1. The summed E-state index contributed by atoms with van der Waals surface area (Å²) >= 11 is 0. The molecule has 0 spiro atoms. The number of hydrogen-bond donors (Lipinski definition) is 1. The maximum Gasteiger partial charge on any atom is 0.396 e. The second kappa shape index (κ2) is 8.26. The number of methoxy groups -OCH3 is 1. The van der Waals surface area contributed by atoms with Gasteiger partial charge in [0.2, 0.25) is 0 Å². The number of esters is 1. The van der Waals surface area contributed by atoms with E-state index >= 15 is 0 Å². The Morgan fingerprint density at radius 2 is 1.93 bits per heavy atom. The summed E-state index contributed by atoms with van der Waals surface area (Å²) in [5.74, 6) is -1.48. The molecule has 0 saturated heterocycles. The van der Waals surface area contributed by atoms with Crippen LogP contribution in [0.25, 0.3) is 0 Å². The van der Waals surface area contributed by atoms with Crippen LogP contribution in [0.15, 0.2) is 0 Å². The molecule has 0 aromatic rings. The number of amides is 1. The fraction of sp³-hybridized carbons (Fsp3) is 0.818. The van der Waals surface area contributed by atoms with E-state index in [0.29, 0.717) is 0 Å². The maximum absolute atomic E-state index is 11.1. The van der Waals surface area contributed by atoms with E-state index in [0.717, 1.165) is 12.8 Å². The molecule has 1 unspecified atom stereocenters. The van der Waals surface area contributed by atoms with Crippen LogP contribution in [0.5, 0.6) is 0 Å². The molecule has 0 aromatic carbocycles. The van der Waals surface area contributed by atoms with Gasteiger partial charge in [-0.2, -0.15) is 0 Å². The Morgan fingerprint density at radius 1 is 1.27 bits per heavy atom. The van der Waals surface area contributed by atoms with Gasteiger partial charge in [-0.05, 0) is 13.3 Å². The first-order valence-electron chi connectivity index (χ1n) is 5.50. The summed E-state index contributed by atoms with van der Waals surface area (Å²) < 4.78 is 4.30. The smallest absolute Gasteiger partial charge is 0.396 e. The van der Waals surface area contributed by atoms with Crippen LogP contribution in [0.4, 0.5) is 0 Å². The van der Waals surface area contributed by atoms with Crippen molar-refractivity contribution < 1.29 is 14.3 Å². The van der Waals surface area contributed by atoms with Crippen LogP contribution in [-0.4, -0.2) is 25.0 Å². The molecule has 0 aliphatic heterocycles. The first-order chi connectivity index (χ1) is 7.11. The van der Waals surface area contributed by atoms with Crippen molar-refractivity contribution in [1.82, 2.24) is 5.32 Å². The van der Waals surface area contributed by atoms with Gasteiger partial charge < -0.3 is 10.1 Å². The lowest BCUT2D eigenvalue weighted by atomic mass is 10.1. The van der Waals surface area contributed by atoms with Crippen molar-refractivity contribution in [2.24, 2.45) is 0 Å². The van der Waals surface area contributed by atoms with Crippen LogP contribution in [-0.2, 0) is 14.3 Å². The van der Waals surface area contributed by atoms with Crippen LogP contribution in [0.3, 0.4) is 0 Å². The molecular weight excluding hydrogens is 194 g/mol. The molecule has 0 saturated carbocycles. The van der Waals surface area contributed by atoms with E-state index in [-0.39, 0.29) is 6.04 Å². The van der Waals surface area contributed by atoms with Gasteiger partial charge in [0, 0.05) is 6.04 Å². The molecule has 0 rings (SSSR count). The summed E-state index contributed by atoms with van der Waals surface area (Å²) in [4.78, 5) is 21.9. The molecule has 0 radical (unpaired) electrons. The second-order valence-electron chi connectivity index (χ2n) is 3.72. The highest BCUT2D eigenvalue weighted by Crippen LogP contribution is 2.05. The average Bonchev–Trinajstić information content (AvgIpc) is 2.23. The Kier molecular flexibility index (Phi) is 7.68. The molecular formula is C11H21NO3. The van der Waals surface area contributed by atoms with E-state index in [9.17, 15) is 9.59 Å². The zero-order valence-electron chi connectivity index (χ0n) is 9.84. The summed E-state index contributed by atoms with van der Waals surface area (Å²) in [6.45, 7) is 4.05. The van der Waals surface area contributed by atoms with Crippen molar-refractivity contribution in [3.05, 3.63) is 0 Å². The first-order valence-corrected chi connectivity index (χ1v) is 5.50. The summed E-state index contributed by atoms with van der Waals surface area (Å²) in [7, 11) is 1.20. The molecule has 0 heterocycles. The number of carbonyl (C=O) groups excluding carboxylic acids is 2. The van der Waals surface area contributed by atoms with Gasteiger partial charge in [-0.3, -0.25) is 4.79 Å². The molecule has 1 amide bonds. The van der Waals surface area contributed by atoms with Gasteiger partial charge in [0.25, 0.3) is 0 Å². The van der Waals surface area contributed by atoms with Gasteiger partial charge in [0.15, 0.2) is 0 Å². The topological polar surface area (TPSA) is 55.4 Å². The Bertz CT molecular complexity index is 204. The van der Waals surface area contributed by atoms with Crippen LogP contribution < -0.4 is 5.32 Å². The van der Waals surface area contributed by atoms with Crippen molar-refractivity contribution in [1.29, 1.82) is 0 Å². The normalized spacial score (nSPS) is 11.9. The number of rotatable bonds is 6. The van der Waals surface area contributed by atoms with Crippen molar-refractivity contribution in [3.63, 3.8) is 0 Å². The Labute approximate surface area is 91.4 Å². The molecule has 4 nitrogen and oxygen atoms in total. The van der Waals surface area contributed by atoms with Crippen LogP contribution in [0.2, 0.25) is 0 Å². The van der Waals surface area contributed by atoms with Crippen LogP contribution in [0.1, 0.15) is 46.0 Å². The highest BCUT2D eigenvalue weighted by molar-refractivity contribution is 6.32. The molecule has 0 fully saturated rings. The number of ether oxygens (including phenoxy) is 1. The van der Waals surface area contributed by atoms with E-state index in [1.807, 2.05) is 6.92 Å². The molecule has 1 atom stereocenters. The van der Waals surface area contributed by atoms with E-state index in [1.165, 1.54) is 26.4 Å². The van der Waals surface area contributed by atoms with Gasteiger partial charge >= 0.3 is 11.9 Å². The van der Waals surface area contributed by atoms with Gasteiger partial charge in [-0.1, -0.05) is 32.6 Å². The highest BCUT2D eigenvalue weighted by Gasteiger charge is 2.15. The minimum atomic E-state index is -0.824. The standard InChI is InChI=1S/C11H21NO3/c1-4-5-6-7-8-9(2)12-10(13)11(14)15-3/h9H,4-8H2,1-3H3,(H,12,13).